The Morgan fingerprint density at radius 1 is 1.40 bits per heavy atom. The van der Waals surface area contributed by atoms with Gasteiger partial charge in [-0.15, -0.1) is 0 Å². The zero-order chi connectivity index (χ0) is 10.7. The Kier molecular flexibility index (Phi) is 4.00. The first-order valence-electron chi connectivity index (χ1n) is 6.32. The summed E-state index contributed by atoms with van der Waals surface area (Å²) in [6.07, 6.45) is 3.00. The van der Waals surface area contributed by atoms with Crippen LogP contribution in [-0.2, 0) is 4.74 Å². The summed E-state index contributed by atoms with van der Waals surface area (Å²) in [7, 11) is 0. The number of hydrogen-bond donors (Lipinski definition) is 1. The van der Waals surface area contributed by atoms with Crippen molar-refractivity contribution in [2.75, 3.05) is 32.8 Å². The molecule has 0 bridgehead atoms. The molecule has 3 nitrogen and oxygen atoms in total. The molecule has 15 heavy (non-hydrogen) atoms. The van der Waals surface area contributed by atoms with Crippen molar-refractivity contribution in [2.24, 2.45) is 5.92 Å². The minimum absolute atomic E-state index is 0.446. The molecule has 0 aromatic heterocycles. The highest BCUT2D eigenvalue weighted by molar-refractivity contribution is 4.81. The fraction of sp³-hybridized carbons (Fsp3) is 1.00. The predicted octanol–water partition coefficient (Wildman–Crippen LogP) is 1.10. The second-order valence-electron chi connectivity index (χ2n) is 5.17. The average Bonchev–Trinajstić information content (AvgIpc) is 2.56. The number of ether oxygens (including phenoxy) is 1. The molecule has 3 atom stereocenters. The molecule has 0 aliphatic carbocycles. The van der Waals surface area contributed by atoms with Crippen molar-refractivity contribution in [1.82, 2.24) is 10.2 Å². The van der Waals surface area contributed by atoms with Gasteiger partial charge in [0.15, 0.2) is 0 Å². The van der Waals surface area contributed by atoms with Gasteiger partial charge < -0.3 is 15.0 Å². The van der Waals surface area contributed by atoms with Crippen LogP contribution in [-0.4, -0.2) is 49.8 Å². The predicted molar refractivity (Wildman–Crippen MR) is 62.0 cm³/mol. The first-order chi connectivity index (χ1) is 7.25. The van der Waals surface area contributed by atoms with Gasteiger partial charge in [-0.25, -0.2) is 0 Å². The molecular weight excluding hydrogens is 188 g/mol. The van der Waals surface area contributed by atoms with Crippen molar-refractivity contribution < 1.29 is 4.74 Å². The van der Waals surface area contributed by atoms with Gasteiger partial charge in [-0.2, -0.15) is 0 Å². The first-order valence-corrected chi connectivity index (χ1v) is 6.32. The van der Waals surface area contributed by atoms with E-state index in [1.54, 1.807) is 0 Å². The van der Waals surface area contributed by atoms with Crippen molar-refractivity contribution in [3.05, 3.63) is 0 Å². The Morgan fingerprint density at radius 2 is 2.27 bits per heavy atom. The highest BCUT2D eigenvalue weighted by Gasteiger charge is 2.26. The Morgan fingerprint density at radius 3 is 2.87 bits per heavy atom. The van der Waals surface area contributed by atoms with Gasteiger partial charge in [-0.05, 0) is 25.7 Å². The molecule has 2 saturated heterocycles. The van der Waals surface area contributed by atoms with Gasteiger partial charge >= 0.3 is 0 Å². The van der Waals surface area contributed by atoms with Crippen LogP contribution in [0.25, 0.3) is 0 Å². The van der Waals surface area contributed by atoms with Gasteiger partial charge in [-0.3, -0.25) is 0 Å². The smallest absolute Gasteiger partial charge is 0.0712 e. The van der Waals surface area contributed by atoms with Crippen LogP contribution in [0, 0.1) is 5.92 Å². The number of morpholine rings is 1. The highest BCUT2D eigenvalue weighted by Crippen LogP contribution is 2.22. The van der Waals surface area contributed by atoms with Crippen molar-refractivity contribution >= 4 is 0 Å². The van der Waals surface area contributed by atoms with Crippen molar-refractivity contribution in [3.8, 4) is 0 Å². The molecule has 0 saturated carbocycles. The fourth-order valence-electron chi connectivity index (χ4n) is 2.81. The summed E-state index contributed by atoms with van der Waals surface area (Å²) in [6.45, 7) is 10.1. The zero-order valence-corrected chi connectivity index (χ0v) is 10.0. The maximum Gasteiger partial charge on any atom is 0.0712 e. The second-order valence-corrected chi connectivity index (χ2v) is 5.17. The number of nitrogens with zero attached hydrogens (tertiary/aromatic N) is 1. The van der Waals surface area contributed by atoms with Gasteiger partial charge in [0, 0.05) is 32.2 Å². The molecule has 1 N–H and O–H groups in total. The van der Waals surface area contributed by atoms with Crippen LogP contribution in [0.5, 0.6) is 0 Å². The van der Waals surface area contributed by atoms with Gasteiger partial charge in [0.1, 0.15) is 0 Å². The molecule has 0 spiro atoms. The molecule has 2 rings (SSSR count). The van der Waals surface area contributed by atoms with Crippen molar-refractivity contribution in [3.63, 3.8) is 0 Å². The third kappa shape index (κ3) is 3.16. The monoisotopic (exact) mass is 212 g/mol. The summed E-state index contributed by atoms with van der Waals surface area (Å²) in [5.74, 6) is 0.880. The maximum absolute atomic E-state index is 5.71. The van der Waals surface area contributed by atoms with E-state index in [0.717, 1.165) is 31.7 Å². The minimum atomic E-state index is 0.446. The van der Waals surface area contributed by atoms with E-state index >= 15 is 0 Å². The van der Waals surface area contributed by atoms with E-state index < -0.39 is 0 Å². The van der Waals surface area contributed by atoms with Crippen LogP contribution < -0.4 is 5.32 Å². The molecule has 0 aromatic carbocycles. The Bertz CT molecular complexity index is 192. The lowest BCUT2D eigenvalue weighted by Gasteiger charge is -2.27. The lowest BCUT2D eigenvalue weighted by Crippen LogP contribution is -2.41. The van der Waals surface area contributed by atoms with E-state index in [4.69, 9.17) is 4.74 Å². The molecule has 2 heterocycles. The van der Waals surface area contributed by atoms with Crippen LogP contribution >= 0.6 is 0 Å². The molecule has 2 aliphatic heterocycles. The van der Waals surface area contributed by atoms with E-state index in [1.165, 1.54) is 25.9 Å². The average molecular weight is 212 g/mol. The van der Waals surface area contributed by atoms with Crippen molar-refractivity contribution in [1.29, 1.82) is 0 Å². The summed E-state index contributed by atoms with van der Waals surface area (Å²) in [5, 5.41) is 3.39. The summed E-state index contributed by atoms with van der Waals surface area (Å²) in [5.41, 5.74) is 0. The lowest BCUT2D eigenvalue weighted by atomic mass is 10.1. The van der Waals surface area contributed by atoms with Crippen LogP contribution in [0.2, 0.25) is 0 Å². The van der Waals surface area contributed by atoms with Gasteiger partial charge in [0.2, 0.25) is 0 Å². The van der Waals surface area contributed by atoms with Crippen molar-refractivity contribution in [2.45, 2.75) is 38.8 Å². The molecule has 0 aromatic rings. The molecule has 88 valence electrons. The third-order valence-corrected chi connectivity index (χ3v) is 3.66. The number of rotatable bonds is 3. The van der Waals surface area contributed by atoms with E-state index in [1.807, 2.05) is 0 Å². The minimum Gasteiger partial charge on any atom is -0.376 e. The maximum atomic E-state index is 5.71. The van der Waals surface area contributed by atoms with Crippen LogP contribution in [0.1, 0.15) is 26.7 Å². The molecular formula is C12H24N2O. The summed E-state index contributed by atoms with van der Waals surface area (Å²) >= 11 is 0. The number of hydrogen-bond acceptors (Lipinski definition) is 3. The topological polar surface area (TPSA) is 24.5 Å². The molecule has 3 heteroatoms. The Labute approximate surface area is 93.2 Å². The van der Waals surface area contributed by atoms with E-state index in [9.17, 15) is 0 Å². The molecule has 0 radical (unpaired) electrons. The zero-order valence-electron chi connectivity index (χ0n) is 10.0. The van der Waals surface area contributed by atoms with Gasteiger partial charge in [-0.1, -0.05) is 6.92 Å². The molecule has 0 amide bonds. The van der Waals surface area contributed by atoms with Crippen LogP contribution in [0.4, 0.5) is 0 Å². The lowest BCUT2D eigenvalue weighted by molar-refractivity contribution is 0.0169. The number of nitrogens with one attached hydrogen (secondary N) is 1. The SMILES string of the molecule is CC1CC(C)N(CCC2CNCCO2)C1. The van der Waals surface area contributed by atoms with Crippen LogP contribution in [0.3, 0.4) is 0 Å². The van der Waals surface area contributed by atoms with Gasteiger partial charge in [0.05, 0.1) is 12.7 Å². The molecule has 3 unspecified atom stereocenters. The van der Waals surface area contributed by atoms with E-state index in [2.05, 4.69) is 24.1 Å². The summed E-state index contributed by atoms with van der Waals surface area (Å²) in [6, 6.07) is 0.775. The number of likely N-dealkylation sites (tertiary alicyclic amines) is 1. The normalized spacial score (nSPS) is 38.4. The quantitative estimate of drug-likeness (QED) is 0.758. The van der Waals surface area contributed by atoms with E-state index in [-0.39, 0.29) is 0 Å². The summed E-state index contributed by atoms with van der Waals surface area (Å²) in [4.78, 5) is 2.61. The largest absolute Gasteiger partial charge is 0.376 e. The highest BCUT2D eigenvalue weighted by atomic mass is 16.5. The first kappa shape index (κ1) is 11.4. The fourth-order valence-corrected chi connectivity index (χ4v) is 2.81. The Balaban J connectivity index is 1.68. The third-order valence-electron chi connectivity index (χ3n) is 3.66. The van der Waals surface area contributed by atoms with Gasteiger partial charge in [0.25, 0.3) is 0 Å². The van der Waals surface area contributed by atoms with E-state index in [0.29, 0.717) is 6.10 Å². The standard InChI is InChI=1S/C12H24N2O/c1-10-7-11(2)14(9-10)5-3-12-8-13-4-6-15-12/h10-13H,3-9H2,1-2H3. The van der Waals surface area contributed by atoms with Crippen LogP contribution in [0.15, 0.2) is 0 Å². The molecule has 2 aliphatic rings. The Hall–Kier alpha value is -0.120. The molecule has 2 fully saturated rings. The summed E-state index contributed by atoms with van der Waals surface area (Å²) < 4.78 is 5.71. The second kappa shape index (κ2) is 5.28.